The van der Waals surface area contributed by atoms with Gasteiger partial charge in [-0.3, -0.25) is 4.79 Å². The molecule has 0 spiro atoms. The molecule has 1 amide bonds. The summed E-state index contributed by atoms with van der Waals surface area (Å²) in [4.78, 5) is 24.5. The number of halogens is 2. The van der Waals surface area contributed by atoms with E-state index in [0.717, 1.165) is 5.56 Å². The highest BCUT2D eigenvalue weighted by atomic mass is 35.5. The van der Waals surface area contributed by atoms with Gasteiger partial charge < -0.3 is 10.1 Å². The number of carbonyl (C=O) groups is 2. The molecule has 0 saturated heterocycles. The van der Waals surface area contributed by atoms with Crippen molar-refractivity contribution in [2.24, 2.45) is 0 Å². The van der Waals surface area contributed by atoms with Gasteiger partial charge >= 0.3 is 5.97 Å². The van der Waals surface area contributed by atoms with Crippen LogP contribution < -0.4 is 5.32 Å². The Hall–Kier alpha value is -2.90. The van der Waals surface area contributed by atoms with Crippen LogP contribution in [0, 0.1) is 0 Å². The topological polar surface area (TPSA) is 86.1 Å². The minimum Gasteiger partial charge on any atom is -0.448 e. The van der Waals surface area contributed by atoms with Crippen LogP contribution in [-0.2, 0) is 16.1 Å². The highest BCUT2D eigenvalue weighted by molar-refractivity contribution is 6.35. The Labute approximate surface area is 171 Å². The van der Waals surface area contributed by atoms with Crippen LogP contribution in [0.25, 0.3) is 0 Å². The van der Waals surface area contributed by atoms with Gasteiger partial charge in [0.05, 0.1) is 23.5 Å². The van der Waals surface area contributed by atoms with E-state index in [-0.39, 0.29) is 5.69 Å². The molecule has 0 saturated carbocycles. The normalized spacial score (nSPS) is 11.7. The standard InChI is InChI=1S/C19H16Cl2N4O3/c1-12(18(26)22-16-9-14(20)7-8-15(16)21)28-19(27)17-11-25(24-23-17)10-13-5-3-2-4-6-13/h2-9,11-12H,10H2,1H3,(H,22,26). The van der Waals surface area contributed by atoms with Crippen molar-refractivity contribution in [1.29, 1.82) is 0 Å². The molecule has 3 rings (SSSR count). The van der Waals surface area contributed by atoms with Crippen molar-refractivity contribution >= 4 is 40.8 Å². The Bertz CT molecular complexity index is 992. The minimum atomic E-state index is -1.07. The summed E-state index contributed by atoms with van der Waals surface area (Å²) in [6.45, 7) is 1.91. The van der Waals surface area contributed by atoms with Crippen LogP contribution in [0.1, 0.15) is 23.0 Å². The molecule has 1 heterocycles. The smallest absolute Gasteiger partial charge is 0.361 e. The van der Waals surface area contributed by atoms with Gasteiger partial charge in [0.2, 0.25) is 0 Å². The first-order valence-corrected chi connectivity index (χ1v) is 9.09. The maximum Gasteiger partial charge on any atom is 0.361 e. The maximum absolute atomic E-state index is 12.3. The quantitative estimate of drug-likeness (QED) is 0.614. The fourth-order valence-electron chi connectivity index (χ4n) is 2.34. The molecular weight excluding hydrogens is 403 g/mol. The summed E-state index contributed by atoms with van der Waals surface area (Å²) in [5, 5.41) is 11.0. The maximum atomic E-state index is 12.3. The Kier molecular flexibility index (Phi) is 6.28. The molecule has 9 heteroatoms. The van der Waals surface area contributed by atoms with E-state index in [1.807, 2.05) is 30.3 Å². The Morgan fingerprint density at radius 2 is 1.93 bits per heavy atom. The molecule has 0 radical (unpaired) electrons. The van der Waals surface area contributed by atoms with Crippen LogP contribution in [0.4, 0.5) is 5.69 Å². The van der Waals surface area contributed by atoms with Gasteiger partial charge in [-0.1, -0.05) is 58.7 Å². The van der Waals surface area contributed by atoms with Gasteiger partial charge in [-0.05, 0) is 30.7 Å². The lowest BCUT2D eigenvalue weighted by atomic mass is 10.2. The summed E-state index contributed by atoms with van der Waals surface area (Å²) in [7, 11) is 0. The van der Waals surface area contributed by atoms with Crippen LogP contribution in [0.15, 0.2) is 54.7 Å². The number of esters is 1. The summed E-state index contributed by atoms with van der Waals surface area (Å²) < 4.78 is 6.68. The molecule has 0 aliphatic heterocycles. The molecule has 0 aliphatic rings. The van der Waals surface area contributed by atoms with E-state index in [2.05, 4.69) is 15.6 Å². The van der Waals surface area contributed by atoms with E-state index in [9.17, 15) is 9.59 Å². The first-order chi connectivity index (χ1) is 13.4. The fraction of sp³-hybridized carbons (Fsp3) is 0.158. The van der Waals surface area contributed by atoms with E-state index < -0.39 is 18.0 Å². The van der Waals surface area contributed by atoms with Crippen molar-refractivity contribution in [1.82, 2.24) is 15.0 Å². The van der Waals surface area contributed by atoms with Crippen LogP contribution in [0.2, 0.25) is 10.0 Å². The average molecular weight is 419 g/mol. The van der Waals surface area contributed by atoms with E-state index >= 15 is 0 Å². The monoisotopic (exact) mass is 418 g/mol. The SMILES string of the molecule is CC(OC(=O)c1cn(Cc2ccccc2)nn1)C(=O)Nc1cc(Cl)ccc1Cl. The average Bonchev–Trinajstić information content (AvgIpc) is 3.14. The molecule has 0 bridgehead atoms. The number of nitrogens with one attached hydrogen (secondary N) is 1. The third kappa shape index (κ3) is 5.09. The fourth-order valence-corrected chi connectivity index (χ4v) is 2.68. The zero-order valence-corrected chi connectivity index (χ0v) is 16.3. The number of rotatable bonds is 6. The lowest BCUT2D eigenvalue weighted by molar-refractivity contribution is -0.123. The summed E-state index contributed by atoms with van der Waals surface area (Å²) in [6.07, 6.45) is 0.398. The second kappa shape index (κ2) is 8.86. The summed E-state index contributed by atoms with van der Waals surface area (Å²) in [5.41, 5.74) is 1.35. The molecule has 1 unspecified atom stereocenters. The third-order valence-corrected chi connectivity index (χ3v) is 4.34. The van der Waals surface area contributed by atoms with E-state index in [1.54, 1.807) is 12.1 Å². The van der Waals surface area contributed by atoms with Crippen molar-refractivity contribution in [2.45, 2.75) is 19.6 Å². The van der Waals surface area contributed by atoms with E-state index in [0.29, 0.717) is 22.3 Å². The molecule has 2 aromatic carbocycles. The molecule has 7 nitrogen and oxygen atoms in total. The molecule has 144 valence electrons. The van der Waals surface area contributed by atoms with Gasteiger partial charge in [0.1, 0.15) is 0 Å². The van der Waals surface area contributed by atoms with E-state index in [1.165, 1.54) is 23.9 Å². The molecule has 3 aromatic rings. The van der Waals surface area contributed by atoms with Crippen molar-refractivity contribution in [3.8, 4) is 0 Å². The number of anilines is 1. The lowest BCUT2D eigenvalue weighted by Gasteiger charge is -2.13. The van der Waals surface area contributed by atoms with E-state index in [4.69, 9.17) is 27.9 Å². The Morgan fingerprint density at radius 3 is 2.68 bits per heavy atom. The highest BCUT2D eigenvalue weighted by Gasteiger charge is 2.22. The summed E-state index contributed by atoms with van der Waals surface area (Å²) in [6, 6.07) is 14.3. The molecule has 1 atom stereocenters. The van der Waals surface area contributed by atoms with Crippen molar-refractivity contribution in [3.63, 3.8) is 0 Å². The van der Waals surface area contributed by atoms with Crippen molar-refractivity contribution in [2.75, 3.05) is 5.32 Å². The Balaban J connectivity index is 1.59. The zero-order chi connectivity index (χ0) is 20.1. The van der Waals surface area contributed by atoms with Gasteiger partial charge in [-0.15, -0.1) is 5.10 Å². The second-order valence-corrected chi connectivity index (χ2v) is 6.79. The molecule has 0 aliphatic carbocycles. The number of amides is 1. The first-order valence-electron chi connectivity index (χ1n) is 8.33. The largest absolute Gasteiger partial charge is 0.448 e. The predicted molar refractivity (Wildman–Crippen MR) is 106 cm³/mol. The molecule has 1 aromatic heterocycles. The van der Waals surface area contributed by atoms with Crippen LogP contribution in [0.3, 0.4) is 0 Å². The number of ether oxygens (including phenoxy) is 1. The number of hydrogen-bond acceptors (Lipinski definition) is 5. The van der Waals surface area contributed by atoms with Crippen molar-refractivity contribution < 1.29 is 14.3 Å². The van der Waals surface area contributed by atoms with Crippen molar-refractivity contribution in [3.05, 3.63) is 76.0 Å². The van der Waals surface area contributed by atoms with Gasteiger partial charge in [0, 0.05) is 5.02 Å². The lowest BCUT2D eigenvalue weighted by Crippen LogP contribution is -2.30. The second-order valence-electron chi connectivity index (χ2n) is 5.95. The summed E-state index contributed by atoms with van der Waals surface area (Å²) >= 11 is 11.9. The number of carbonyl (C=O) groups excluding carboxylic acids is 2. The number of benzene rings is 2. The Morgan fingerprint density at radius 1 is 1.18 bits per heavy atom. The minimum absolute atomic E-state index is 0.0105. The predicted octanol–water partition coefficient (Wildman–Crippen LogP) is 3.82. The van der Waals surface area contributed by atoms with Crippen LogP contribution >= 0.6 is 23.2 Å². The van der Waals surface area contributed by atoms with Gasteiger partial charge in [0.15, 0.2) is 11.8 Å². The molecule has 28 heavy (non-hydrogen) atoms. The first kappa shape index (κ1) is 19.9. The molecular formula is C19H16Cl2N4O3. The third-order valence-electron chi connectivity index (χ3n) is 3.77. The number of aromatic nitrogens is 3. The molecule has 0 fully saturated rings. The van der Waals surface area contributed by atoms with Crippen LogP contribution in [-0.4, -0.2) is 33.0 Å². The van der Waals surface area contributed by atoms with Gasteiger partial charge in [-0.25, -0.2) is 9.48 Å². The number of nitrogens with zero attached hydrogens (tertiary/aromatic N) is 3. The highest BCUT2D eigenvalue weighted by Crippen LogP contribution is 2.25. The van der Waals surface area contributed by atoms with Gasteiger partial charge in [-0.2, -0.15) is 0 Å². The zero-order valence-electron chi connectivity index (χ0n) is 14.8. The molecule has 1 N–H and O–H groups in total. The van der Waals surface area contributed by atoms with Gasteiger partial charge in [0.25, 0.3) is 5.91 Å². The summed E-state index contributed by atoms with van der Waals surface area (Å²) in [5.74, 6) is -1.30. The number of hydrogen-bond donors (Lipinski definition) is 1. The van der Waals surface area contributed by atoms with Crippen LogP contribution in [0.5, 0.6) is 0 Å².